The highest BCUT2D eigenvalue weighted by atomic mass is 35.5. The molecule has 6 heteroatoms. The summed E-state index contributed by atoms with van der Waals surface area (Å²) in [6.45, 7) is 1.58. The highest BCUT2D eigenvalue weighted by Gasteiger charge is 2.32. The number of hydrogen-bond acceptors (Lipinski definition) is 4. The van der Waals surface area contributed by atoms with Crippen molar-refractivity contribution < 1.29 is 9.53 Å². The Kier molecular flexibility index (Phi) is 4.16. The summed E-state index contributed by atoms with van der Waals surface area (Å²) in [5.74, 6) is -0.190. The minimum atomic E-state index is -0.190. The minimum Gasteiger partial charge on any atom is -0.378 e. The average Bonchev–Trinajstić information content (AvgIpc) is 2.70. The number of hydrogen-bond donors (Lipinski definition) is 1. The first kappa shape index (κ1) is 13.3. The van der Waals surface area contributed by atoms with Crippen molar-refractivity contribution in [3.8, 4) is 0 Å². The minimum absolute atomic E-state index is 0.0135. The molecule has 0 spiro atoms. The van der Waals surface area contributed by atoms with Crippen molar-refractivity contribution in [2.45, 2.75) is 12.1 Å². The molecule has 0 bridgehead atoms. The fourth-order valence-corrected chi connectivity index (χ4v) is 2.35. The highest BCUT2D eigenvalue weighted by Crippen LogP contribution is 2.15. The predicted octanol–water partition coefficient (Wildman–Crippen LogP) is 0.794. The van der Waals surface area contributed by atoms with E-state index in [1.165, 1.54) is 6.20 Å². The monoisotopic (exact) mass is 269 g/mol. The molecule has 0 radical (unpaired) electrons. The lowest BCUT2D eigenvalue weighted by molar-refractivity contribution is 0.0766. The number of methoxy groups -OCH3 is 1. The number of carbonyl (C=O) groups excluding carboxylic acids is 1. The molecule has 2 heterocycles. The summed E-state index contributed by atoms with van der Waals surface area (Å²) in [4.78, 5) is 18.1. The fourth-order valence-electron chi connectivity index (χ4n) is 2.15. The summed E-state index contributed by atoms with van der Waals surface area (Å²) >= 11 is 5.94. The summed E-state index contributed by atoms with van der Waals surface area (Å²) in [6, 6.07) is 1.59. The van der Waals surface area contributed by atoms with E-state index in [1.807, 2.05) is 7.05 Å². The van der Waals surface area contributed by atoms with Crippen LogP contribution in [-0.4, -0.2) is 55.2 Å². The van der Waals surface area contributed by atoms with Gasteiger partial charge in [-0.2, -0.15) is 0 Å². The third kappa shape index (κ3) is 2.80. The van der Waals surface area contributed by atoms with Crippen LogP contribution < -0.4 is 5.32 Å². The lowest BCUT2D eigenvalue weighted by Gasteiger charge is -2.18. The van der Waals surface area contributed by atoms with Crippen LogP contribution in [0.1, 0.15) is 10.4 Å². The summed E-state index contributed by atoms with van der Waals surface area (Å²) in [6.07, 6.45) is 3.03. The van der Waals surface area contributed by atoms with Crippen LogP contribution in [0.25, 0.3) is 0 Å². The molecule has 2 atom stereocenters. The lowest BCUT2D eigenvalue weighted by atomic mass is 10.2. The van der Waals surface area contributed by atoms with Gasteiger partial charge in [0.2, 0.25) is 0 Å². The van der Waals surface area contributed by atoms with Crippen molar-refractivity contribution in [2.75, 3.05) is 27.2 Å². The van der Waals surface area contributed by atoms with Crippen LogP contribution in [0.2, 0.25) is 5.02 Å². The maximum Gasteiger partial charge on any atom is 0.253 e. The average molecular weight is 270 g/mol. The molecule has 0 saturated carbocycles. The van der Waals surface area contributed by atoms with E-state index in [2.05, 4.69) is 15.2 Å². The standard InChI is InChI=1S/C12H16ClN3O2/c1-16-6-10(11(7-16)18-2)15-12(17)8-3-4-14-5-9(8)13/h3-5,10-11H,6-7H2,1-2H3,(H,15,17)/t10-,11-/m0/s1. The Morgan fingerprint density at radius 3 is 3.06 bits per heavy atom. The lowest BCUT2D eigenvalue weighted by Crippen LogP contribution is -2.43. The third-order valence-electron chi connectivity index (χ3n) is 3.09. The van der Waals surface area contributed by atoms with E-state index in [0.29, 0.717) is 10.6 Å². The summed E-state index contributed by atoms with van der Waals surface area (Å²) in [7, 11) is 3.65. The number of aromatic nitrogens is 1. The topological polar surface area (TPSA) is 54.5 Å². The summed E-state index contributed by atoms with van der Waals surface area (Å²) < 4.78 is 5.36. The first-order valence-corrected chi connectivity index (χ1v) is 6.11. The van der Waals surface area contributed by atoms with E-state index in [1.54, 1.807) is 19.4 Å². The largest absolute Gasteiger partial charge is 0.378 e. The first-order valence-electron chi connectivity index (χ1n) is 5.73. The van der Waals surface area contributed by atoms with E-state index in [4.69, 9.17) is 16.3 Å². The molecule has 0 unspecified atom stereocenters. The Bertz CT molecular complexity index is 441. The number of likely N-dealkylation sites (N-methyl/N-ethyl adjacent to an activating group) is 1. The number of nitrogens with one attached hydrogen (secondary N) is 1. The van der Waals surface area contributed by atoms with Crippen LogP contribution in [0.3, 0.4) is 0 Å². The number of halogens is 1. The Morgan fingerprint density at radius 1 is 1.61 bits per heavy atom. The van der Waals surface area contributed by atoms with Crippen LogP contribution in [0.5, 0.6) is 0 Å². The van der Waals surface area contributed by atoms with Gasteiger partial charge in [-0.05, 0) is 13.1 Å². The van der Waals surface area contributed by atoms with Crippen molar-refractivity contribution in [1.29, 1.82) is 0 Å². The molecule has 18 heavy (non-hydrogen) atoms. The van der Waals surface area contributed by atoms with Crippen LogP contribution in [0.4, 0.5) is 0 Å². The maximum absolute atomic E-state index is 12.1. The first-order chi connectivity index (χ1) is 8.61. The molecule has 2 rings (SSSR count). The predicted molar refractivity (Wildman–Crippen MR) is 68.8 cm³/mol. The summed E-state index contributed by atoms with van der Waals surface area (Å²) in [5.41, 5.74) is 0.441. The SMILES string of the molecule is CO[C@H]1CN(C)C[C@@H]1NC(=O)c1ccncc1Cl. The molecule has 1 aromatic heterocycles. The molecule has 98 valence electrons. The maximum atomic E-state index is 12.1. The third-order valence-corrected chi connectivity index (χ3v) is 3.39. The van der Waals surface area contributed by atoms with Gasteiger partial charge in [-0.15, -0.1) is 0 Å². The van der Waals surface area contributed by atoms with E-state index in [0.717, 1.165) is 13.1 Å². The van der Waals surface area contributed by atoms with Crippen molar-refractivity contribution in [3.05, 3.63) is 29.0 Å². The van der Waals surface area contributed by atoms with Gasteiger partial charge in [0.1, 0.15) is 0 Å². The number of nitrogens with zero attached hydrogens (tertiary/aromatic N) is 2. The zero-order valence-electron chi connectivity index (χ0n) is 10.4. The van der Waals surface area contributed by atoms with Crippen LogP contribution in [-0.2, 0) is 4.74 Å². The number of rotatable bonds is 3. The highest BCUT2D eigenvalue weighted by molar-refractivity contribution is 6.33. The zero-order valence-corrected chi connectivity index (χ0v) is 11.1. The number of ether oxygens (including phenoxy) is 1. The van der Waals surface area contributed by atoms with E-state index in [9.17, 15) is 4.79 Å². The van der Waals surface area contributed by atoms with Crippen LogP contribution in [0.15, 0.2) is 18.5 Å². The molecule has 0 aliphatic carbocycles. The van der Waals surface area contributed by atoms with Gasteiger partial charge >= 0.3 is 0 Å². The summed E-state index contributed by atoms with van der Waals surface area (Å²) in [5, 5.41) is 3.31. The molecule has 1 amide bonds. The Labute approximate surface area is 111 Å². The van der Waals surface area contributed by atoms with Gasteiger partial charge in [-0.3, -0.25) is 9.78 Å². The van der Waals surface area contributed by atoms with Gasteiger partial charge in [0, 0.05) is 32.6 Å². The molecule has 1 saturated heterocycles. The second-order valence-electron chi connectivity index (χ2n) is 4.43. The quantitative estimate of drug-likeness (QED) is 0.882. The molecule has 1 aromatic rings. The van der Waals surface area contributed by atoms with E-state index >= 15 is 0 Å². The van der Waals surface area contributed by atoms with Gasteiger partial charge in [0.05, 0.1) is 22.7 Å². The second-order valence-corrected chi connectivity index (χ2v) is 4.84. The van der Waals surface area contributed by atoms with E-state index in [-0.39, 0.29) is 18.1 Å². The number of amides is 1. The molecule has 0 aromatic carbocycles. The Balaban J connectivity index is 2.06. The van der Waals surface area contributed by atoms with Crippen molar-refractivity contribution in [1.82, 2.24) is 15.2 Å². The zero-order chi connectivity index (χ0) is 13.1. The van der Waals surface area contributed by atoms with E-state index < -0.39 is 0 Å². The van der Waals surface area contributed by atoms with Gasteiger partial charge in [0.15, 0.2) is 0 Å². The van der Waals surface area contributed by atoms with Gasteiger partial charge in [-0.1, -0.05) is 11.6 Å². The molecule has 1 fully saturated rings. The molecule has 1 aliphatic heterocycles. The van der Waals surface area contributed by atoms with Crippen molar-refractivity contribution >= 4 is 17.5 Å². The van der Waals surface area contributed by atoms with Crippen molar-refractivity contribution in [2.24, 2.45) is 0 Å². The fraction of sp³-hybridized carbons (Fsp3) is 0.500. The number of likely N-dealkylation sites (tertiary alicyclic amines) is 1. The van der Waals surface area contributed by atoms with Crippen LogP contribution in [0, 0.1) is 0 Å². The van der Waals surface area contributed by atoms with Gasteiger partial charge in [0.25, 0.3) is 5.91 Å². The van der Waals surface area contributed by atoms with Crippen LogP contribution >= 0.6 is 11.6 Å². The van der Waals surface area contributed by atoms with Gasteiger partial charge < -0.3 is 15.0 Å². The van der Waals surface area contributed by atoms with Crippen molar-refractivity contribution in [3.63, 3.8) is 0 Å². The molecule has 5 nitrogen and oxygen atoms in total. The molecule has 1 N–H and O–H groups in total. The number of carbonyl (C=O) groups is 1. The Morgan fingerprint density at radius 2 is 2.39 bits per heavy atom. The van der Waals surface area contributed by atoms with Gasteiger partial charge in [-0.25, -0.2) is 0 Å². The Hall–Kier alpha value is -1.17. The smallest absolute Gasteiger partial charge is 0.253 e. The number of pyridine rings is 1. The normalized spacial score (nSPS) is 24.2. The molecular formula is C12H16ClN3O2. The molecule has 1 aliphatic rings. The molecular weight excluding hydrogens is 254 g/mol. The second kappa shape index (κ2) is 5.65.